The summed E-state index contributed by atoms with van der Waals surface area (Å²) in [5.74, 6) is -0.695. The van der Waals surface area contributed by atoms with Crippen LogP contribution in [0.25, 0.3) is 0 Å². The van der Waals surface area contributed by atoms with Crippen molar-refractivity contribution < 1.29 is 19.5 Å². The lowest BCUT2D eigenvalue weighted by atomic mass is 10.2. The average Bonchev–Trinajstić information content (AvgIpc) is 2.94. The smallest absolute Gasteiger partial charge is 0.293 e. The van der Waals surface area contributed by atoms with Crippen LogP contribution >= 0.6 is 11.8 Å². The lowest BCUT2D eigenvalue weighted by Gasteiger charge is -2.23. The molecule has 1 saturated heterocycles. The van der Waals surface area contributed by atoms with E-state index in [0.717, 1.165) is 22.2 Å². The number of imide groups is 1. The van der Waals surface area contributed by atoms with Crippen LogP contribution in [0.4, 0.5) is 16.2 Å². The van der Waals surface area contributed by atoms with E-state index in [1.54, 1.807) is 36.4 Å². The van der Waals surface area contributed by atoms with E-state index in [0.29, 0.717) is 11.4 Å². The standard InChI is InChI=1S/C20H20N2O4S/c1-14-7-9-16(10-8-14)22-19(25)17(27-20(22)26)13-18(24)21(11-12-23)15-5-3-2-4-6-15/h2-10,17,23H,11-13H2,1H3. The Kier molecular flexibility index (Phi) is 5.93. The van der Waals surface area contributed by atoms with Crippen molar-refractivity contribution in [3.8, 4) is 0 Å². The molecule has 7 heteroatoms. The first-order chi connectivity index (χ1) is 13.0. The van der Waals surface area contributed by atoms with E-state index in [1.807, 2.05) is 25.1 Å². The van der Waals surface area contributed by atoms with E-state index in [-0.39, 0.29) is 36.6 Å². The molecule has 140 valence electrons. The number of aryl methyl sites for hydroxylation is 1. The number of hydrogen-bond donors (Lipinski definition) is 1. The quantitative estimate of drug-likeness (QED) is 0.828. The van der Waals surface area contributed by atoms with Crippen LogP contribution in [-0.4, -0.2) is 40.6 Å². The molecular formula is C20H20N2O4S. The number of nitrogens with zero attached hydrogens (tertiary/aromatic N) is 2. The molecule has 0 aliphatic carbocycles. The van der Waals surface area contributed by atoms with Gasteiger partial charge in [0.15, 0.2) is 0 Å². The highest BCUT2D eigenvalue weighted by Gasteiger charge is 2.42. The summed E-state index contributed by atoms with van der Waals surface area (Å²) in [7, 11) is 0. The zero-order valence-electron chi connectivity index (χ0n) is 14.9. The number of benzene rings is 2. The Morgan fingerprint density at radius 3 is 2.41 bits per heavy atom. The van der Waals surface area contributed by atoms with Crippen molar-refractivity contribution in [2.24, 2.45) is 0 Å². The Hall–Kier alpha value is -2.64. The maximum Gasteiger partial charge on any atom is 0.293 e. The van der Waals surface area contributed by atoms with E-state index in [4.69, 9.17) is 0 Å². The summed E-state index contributed by atoms with van der Waals surface area (Å²) in [6, 6.07) is 16.1. The third-order valence-electron chi connectivity index (χ3n) is 4.27. The first kappa shape index (κ1) is 19.1. The Balaban J connectivity index is 1.75. The molecule has 1 atom stereocenters. The van der Waals surface area contributed by atoms with Gasteiger partial charge in [-0.15, -0.1) is 0 Å². The third-order valence-corrected chi connectivity index (χ3v) is 5.30. The van der Waals surface area contributed by atoms with Crippen LogP contribution in [0.2, 0.25) is 0 Å². The van der Waals surface area contributed by atoms with Gasteiger partial charge in [0.05, 0.1) is 12.3 Å². The van der Waals surface area contributed by atoms with Gasteiger partial charge >= 0.3 is 0 Å². The van der Waals surface area contributed by atoms with Gasteiger partial charge in [-0.05, 0) is 43.0 Å². The summed E-state index contributed by atoms with van der Waals surface area (Å²) in [6.45, 7) is 1.86. The second kappa shape index (κ2) is 8.37. The van der Waals surface area contributed by atoms with E-state index >= 15 is 0 Å². The highest BCUT2D eigenvalue weighted by molar-refractivity contribution is 8.15. The maximum absolute atomic E-state index is 12.7. The fourth-order valence-corrected chi connectivity index (χ4v) is 3.87. The molecule has 0 aromatic heterocycles. The van der Waals surface area contributed by atoms with Crippen LogP contribution in [0.3, 0.4) is 0 Å². The predicted octanol–water partition coefficient (Wildman–Crippen LogP) is 2.98. The van der Waals surface area contributed by atoms with E-state index in [2.05, 4.69) is 0 Å². The van der Waals surface area contributed by atoms with Gasteiger partial charge in [0.25, 0.3) is 5.24 Å². The lowest BCUT2D eigenvalue weighted by molar-refractivity contribution is -0.122. The van der Waals surface area contributed by atoms with Crippen molar-refractivity contribution in [1.82, 2.24) is 0 Å². The molecular weight excluding hydrogens is 364 g/mol. The third kappa shape index (κ3) is 4.20. The Morgan fingerprint density at radius 1 is 1.11 bits per heavy atom. The van der Waals surface area contributed by atoms with E-state index < -0.39 is 5.25 Å². The average molecular weight is 384 g/mol. The number of carbonyl (C=O) groups is 3. The number of para-hydroxylation sites is 1. The normalized spacial score (nSPS) is 16.7. The lowest BCUT2D eigenvalue weighted by Crippen LogP contribution is -2.38. The monoisotopic (exact) mass is 384 g/mol. The van der Waals surface area contributed by atoms with Crippen molar-refractivity contribution in [3.63, 3.8) is 0 Å². The molecule has 2 aromatic carbocycles. The van der Waals surface area contributed by atoms with Crippen molar-refractivity contribution >= 4 is 40.2 Å². The van der Waals surface area contributed by atoms with Crippen LogP contribution in [0.1, 0.15) is 12.0 Å². The van der Waals surface area contributed by atoms with Crippen LogP contribution in [0.15, 0.2) is 54.6 Å². The molecule has 0 spiro atoms. The number of aliphatic hydroxyl groups is 1. The minimum absolute atomic E-state index is 0.105. The van der Waals surface area contributed by atoms with E-state index in [9.17, 15) is 19.5 Å². The Labute approximate surface area is 161 Å². The predicted molar refractivity (Wildman–Crippen MR) is 106 cm³/mol. The summed E-state index contributed by atoms with van der Waals surface area (Å²) >= 11 is 0.867. The number of aliphatic hydroxyl groups excluding tert-OH is 1. The molecule has 3 rings (SSSR count). The number of amides is 3. The molecule has 0 saturated carbocycles. The van der Waals surface area contributed by atoms with Crippen molar-refractivity contribution in [2.45, 2.75) is 18.6 Å². The van der Waals surface area contributed by atoms with Crippen molar-refractivity contribution in [1.29, 1.82) is 0 Å². The molecule has 1 aliphatic heterocycles. The first-order valence-corrected chi connectivity index (χ1v) is 9.46. The molecule has 6 nitrogen and oxygen atoms in total. The maximum atomic E-state index is 12.7. The van der Waals surface area contributed by atoms with Crippen LogP contribution in [0.5, 0.6) is 0 Å². The Bertz CT molecular complexity index is 839. The molecule has 0 bridgehead atoms. The van der Waals surface area contributed by atoms with Gasteiger partial charge in [0.2, 0.25) is 11.8 Å². The molecule has 3 amide bonds. The largest absolute Gasteiger partial charge is 0.395 e. The van der Waals surface area contributed by atoms with Gasteiger partial charge < -0.3 is 10.0 Å². The second-order valence-corrected chi connectivity index (χ2v) is 7.34. The molecule has 1 fully saturated rings. The number of hydrogen-bond acceptors (Lipinski definition) is 5. The minimum atomic E-state index is -0.767. The minimum Gasteiger partial charge on any atom is -0.395 e. The molecule has 2 aromatic rings. The van der Waals surface area contributed by atoms with Crippen molar-refractivity contribution in [3.05, 3.63) is 60.2 Å². The van der Waals surface area contributed by atoms with Gasteiger partial charge in [-0.25, -0.2) is 4.90 Å². The molecule has 27 heavy (non-hydrogen) atoms. The molecule has 1 heterocycles. The van der Waals surface area contributed by atoms with Gasteiger partial charge in [0, 0.05) is 18.7 Å². The first-order valence-electron chi connectivity index (χ1n) is 8.59. The summed E-state index contributed by atoms with van der Waals surface area (Å²) in [5, 5.41) is 8.14. The Morgan fingerprint density at radius 2 is 1.78 bits per heavy atom. The zero-order chi connectivity index (χ0) is 19.4. The topological polar surface area (TPSA) is 77.9 Å². The zero-order valence-corrected chi connectivity index (χ0v) is 15.7. The van der Waals surface area contributed by atoms with Crippen molar-refractivity contribution in [2.75, 3.05) is 23.0 Å². The molecule has 0 radical (unpaired) electrons. The van der Waals surface area contributed by atoms with Gasteiger partial charge in [-0.3, -0.25) is 14.4 Å². The second-order valence-electron chi connectivity index (χ2n) is 6.19. The van der Waals surface area contributed by atoms with E-state index in [1.165, 1.54) is 4.90 Å². The van der Waals surface area contributed by atoms with Crippen LogP contribution in [0, 0.1) is 6.92 Å². The summed E-state index contributed by atoms with van der Waals surface area (Å²) in [4.78, 5) is 40.4. The highest BCUT2D eigenvalue weighted by atomic mass is 32.2. The van der Waals surface area contributed by atoms with Gasteiger partial charge in [0.1, 0.15) is 5.25 Å². The number of carbonyl (C=O) groups excluding carboxylic acids is 3. The SMILES string of the molecule is Cc1ccc(N2C(=O)SC(CC(=O)N(CCO)c3ccccc3)C2=O)cc1. The van der Waals surface area contributed by atoms with Gasteiger partial charge in [-0.1, -0.05) is 35.9 Å². The number of thioether (sulfide) groups is 1. The highest BCUT2D eigenvalue weighted by Crippen LogP contribution is 2.34. The van der Waals surface area contributed by atoms with Gasteiger partial charge in [-0.2, -0.15) is 0 Å². The van der Waals surface area contributed by atoms with Crippen LogP contribution < -0.4 is 9.80 Å². The number of anilines is 2. The molecule has 1 aliphatic rings. The fourth-order valence-electron chi connectivity index (χ4n) is 2.89. The molecule has 1 unspecified atom stereocenters. The molecule has 1 N–H and O–H groups in total. The fraction of sp³-hybridized carbons (Fsp3) is 0.250. The summed E-state index contributed by atoms with van der Waals surface area (Å²) in [5.41, 5.74) is 2.18. The summed E-state index contributed by atoms with van der Waals surface area (Å²) in [6.07, 6.45) is -0.105. The number of rotatable bonds is 6. The van der Waals surface area contributed by atoms with Crippen LogP contribution in [-0.2, 0) is 9.59 Å². The summed E-state index contributed by atoms with van der Waals surface area (Å²) < 4.78 is 0.